The van der Waals surface area contributed by atoms with Gasteiger partial charge in [-0.05, 0) is 60.7 Å². The molecule has 3 aromatic rings. The monoisotopic (exact) mass is 623 g/mol. The van der Waals surface area contributed by atoms with Gasteiger partial charge in [0, 0.05) is 56.7 Å². The number of halogens is 6. The third-order valence-electron chi connectivity index (χ3n) is 7.72. The number of alkyl halides is 6. The first-order chi connectivity index (χ1) is 20.6. The van der Waals surface area contributed by atoms with Gasteiger partial charge in [-0.3, -0.25) is 19.6 Å². The second-order valence-electron chi connectivity index (χ2n) is 11.4. The van der Waals surface area contributed by atoms with Crippen molar-refractivity contribution in [1.82, 2.24) is 14.8 Å². The van der Waals surface area contributed by atoms with Crippen molar-refractivity contribution in [3.63, 3.8) is 0 Å². The van der Waals surface area contributed by atoms with Crippen LogP contribution in [0.2, 0.25) is 0 Å². The highest BCUT2D eigenvalue weighted by Gasteiger charge is 2.71. The number of piperazine rings is 1. The Morgan fingerprint density at radius 2 is 1.57 bits per heavy atom. The van der Waals surface area contributed by atoms with E-state index in [4.69, 9.17) is 4.74 Å². The molecule has 1 aliphatic rings. The van der Waals surface area contributed by atoms with E-state index >= 15 is 0 Å². The second-order valence-corrected chi connectivity index (χ2v) is 11.4. The summed E-state index contributed by atoms with van der Waals surface area (Å²) in [7, 11) is 0. The zero-order valence-electron chi connectivity index (χ0n) is 24.6. The van der Waals surface area contributed by atoms with Crippen LogP contribution in [0.3, 0.4) is 0 Å². The molecule has 12 heteroatoms. The van der Waals surface area contributed by atoms with Gasteiger partial charge in [-0.25, -0.2) is 0 Å². The Balaban J connectivity index is 1.51. The van der Waals surface area contributed by atoms with Gasteiger partial charge in [0.25, 0.3) is 5.60 Å². The number of hydrogen-bond acceptors (Lipinski definition) is 6. The summed E-state index contributed by atoms with van der Waals surface area (Å²) in [4.78, 5) is 21.2. The van der Waals surface area contributed by atoms with Crippen molar-refractivity contribution in [2.75, 3.05) is 19.6 Å². The summed E-state index contributed by atoms with van der Waals surface area (Å²) in [6.07, 6.45) is -8.41. The predicted octanol–water partition coefficient (Wildman–Crippen LogP) is 6.40. The summed E-state index contributed by atoms with van der Waals surface area (Å²) in [6.45, 7) is 8.81. The van der Waals surface area contributed by atoms with Crippen molar-refractivity contribution >= 4 is 5.97 Å². The van der Waals surface area contributed by atoms with Gasteiger partial charge in [-0.15, -0.1) is 0 Å². The van der Waals surface area contributed by atoms with E-state index < -0.39 is 23.5 Å². The highest BCUT2D eigenvalue weighted by molar-refractivity contribution is 5.70. The highest BCUT2D eigenvalue weighted by atomic mass is 19.4. The van der Waals surface area contributed by atoms with E-state index in [-0.39, 0.29) is 24.5 Å². The van der Waals surface area contributed by atoms with Gasteiger partial charge < -0.3 is 9.84 Å². The number of rotatable bonds is 9. The average molecular weight is 624 g/mol. The van der Waals surface area contributed by atoms with Gasteiger partial charge in [0.05, 0.1) is 12.5 Å². The summed E-state index contributed by atoms with van der Waals surface area (Å²) in [5.41, 5.74) is -2.41. The maximum Gasteiger partial charge on any atom is 0.430 e. The first-order valence-electron chi connectivity index (χ1n) is 14.2. The number of benzene rings is 2. The number of carbonyl (C=O) groups excluding carboxylic acids is 1. The molecule has 0 radical (unpaired) electrons. The van der Waals surface area contributed by atoms with Crippen molar-refractivity contribution in [1.29, 1.82) is 0 Å². The fourth-order valence-electron chi connectivity index (χ4n) is 5.51. The summed E-state index contributed by atoms with van der Waals surface area (Å²) in [5, 5.41) is 9.68. The van der Waals surface area contributed by atoms with E-state index in [0.29, 0.717) is 42.9 Å². The van der Waals surface area contributed by atoms with Gasteiger partial charge in [0.15, 0.2) is 0 Å². The Hall–Kier alpha value is -3.48. The number of carbonyl (C=O) groups is 1. The molecular formula is C32H35F6N3O3. The Morgan fingerprint density at radius 3 is 2.14 bits per heavy atom. The third kappa shape index (κ3) is 7.59. The molecule has 0 spiro atoms. The van der Waals surface area contributed by atoms with E-state index in [0.717, 1.165) is 41.9 Å². The zero-order valence-corrected chi connectivity index (χ0v) is 24.6. The van der Waals surface area contributed by atoms with Gasteiger partial charge in [-0.2, -0.15) is 26.3 Å². The van der Waals surface area contributed by atoms with Crippen molar-refractivity contribution in [2.45, 2.75) is 70.4 Å². The normalized spacial score (nSPS) is 17.2. The fraction of sp³-hybridized carbons (Fsp3) is 0.438. The molecule has 0 aliphatic carbocycles. The number of nitrogens with zero attached hydrogens (tertiary/aromatic N) is 3. The van der Waals surface area contributed by atoms with Gasteiger partial charge in [0.1, 0.15) is 0 Å². The van der Waals surface area contributed by atoms with Crippen LogP contribution in [0.25, 0.3) is 11.1 Å². The number of aryl methyl sites for hydroxylation is 1. The number of ether oxygens (including phenoxy) is 1. The number of esters is 1. The summed E-state index contributed by atoms with van der Waals surface area (Å²) < 4.78 is 85.1. The van der Waals surface area contributed by atoms with Crippen LogP contribution >= 0.6 is 0 Å². The molecule has 0 bridgehead atoms. The number of pyridine rings is 1. The van der Waals surface area contributed by atoms with Crippen molar-refractivity contribution < 1.29 is 41.0 Å². The molecule has 0 amide bonds. The fourth-order valence-corrected chi connectivity index (χ4v) is 5.51. The molecule has 1 aromatic heterocycles. The number of aliphatic hydroxyl groups is 1. The predicted molar refractivity (Wildman–Crippen MR) is 152 cm³/mol. The molecule has 1 saturated heterocycles. The van der Waals surface area contributed by atoms with E-state index in [9.17, 15) is 36.2 Å². The number of aromatic nitrogens is 1. The molecule has 2 aromatic carbocycles. The van der Waals surface area contributed by atoms with Crippen LogP contribution < -0.4 is 0 Å². The summed E-state index contributed by atoms with van der Waals surface area (Å²) >= 11 is 0. The standard InChI is InChI=1S/C32H35F6N3O3/c1-21(2)44-29(42)17-27-20-40(18-23-10-12-39-13-11-23)14-15-41(27)19-24-4-9-28(22(3)16-24)25-5-7-26(8-6-25)30(43,31(33,34)35)32(36,37)38/h4-13,16,21,27,43H,14-15,17-20H2,1-3H3/t27-/m0/s1. The van der Waals surface area contributed by atoms with Crippen LogP contribution in [0.1, 0.15) is 42.5 Å². The highest BCUT2D eigenvalue weighted by Crippen LogP contribution is 2.50. The van der Waals surface area contributed by atoms with Crippen molar-refractivity contribution in [3.8, 4) is 11.1 Å². The molecule has 4 rings (SSSR count). The smallest absolute Gasteiger partial charge is 0.430 e. The molecule has 238 valence electrons. The molecule has 0 unspecified atom stereocenters. The Kier molecular flexibility index (Phi) is 10.1. The molecule has 44 heavy (non-hydrogen) atoms. The minimum Gasteiger partial charge on any atom is -0.463 e. The number of hydrogen-bond donors (Lipinski definition) is 1. The first kappa shape index (κ1) is 33.4. The lowest BCUT2D eigenvalue weighted by Gasteiger charge is -2.41. The van der Waals surface area contributed by atoms with Gasteiger partial charge >= 0.3 is 18.3 Å². The maximum absolute atomic E-state index is 13.3. The second kappa shape index (κ2) is 13.3. The average Bonchev–Trinajstić information content (AvgIpc) is 2.93. The molecule has 1 N–H and O–H groups in total. The van der Waals surface area contributed by atoms with Crippen molar-refractivity contribution in [3.05, 3.63) is 89.2 Å². The molecular weight excluding hydrogens is 588 g/mol. The Bertz CT molecular complexity index is 1400. The lowest BCUT2D eigenvalue weighted by atomic mass is 9.90. The Morgan fingerprint density at radius 1 is 0.932 bits per heavy atom. The van der Waals surface area contributed by atoms with E-state index in [1.165, 1.54) is 0 Å². The topological polar surface area (TPSA) is 65.9 Å². The molecule has 6 nitrogen and oxygen atoms in total. The quantitative estimate of drug-likeness (QED) is 0.220. The minimum absolute atomic E-state index is 0.106. The van der Waals surface area contributed by atoms with Crippen molar-refractivity contribution in [2.24, 2.45) is 0 Å². The largest absolute Gasteiger partial charge is 0.463 e. The van der Waals surface area contributed by atoms with Crippen LogP contribution in [-0.4, -0.2) is 70.0 Å². The molecule has 1 fully saturated rings. The zero-order chi connectivity index (χ0) is 32.3. The van der Waals surface area contributed by atoms with E-state index in [1.54, 1.807) is 39.2 Å². The molecule has 1 atom stereocenters. The van der Waals surface area contributed by atoms with Crippen LogP contribution in [0.15, 0.2) is 67.0 Å². The van der Waals surface area contributed by atoms with E-state index in [2.05, 4.69) is 14.8 Å². The van der Waals surface area contributed by atoms with Crippen LogP contribution in [0.5, 0.6) is 0 Å². The summed E-state index contributed by atoms with van der Waals surface area (Å²) in [6, 6.07) is 12.9. The third-order valence-corrected chi connectivity index (χ3v) is 7.72. The van der Waals surface area contributed by atoms with Crippen LogP contribution in [0.4, 0.5) is 26.3 Å². The molecule has 0 saturated carbocycles. The molecule has 1 aliphatic heterocycles. The van der Waals surface area contributed by atoms with Crippen LogP contribution in [-0.2, 0) is 28.2 Å². The van der Waals surface area contributed by atoms with E-state index in [1.807, 2.05) is 24.3 Å². The summed E-state index contributed by atoms with van der Waals surface area (Å²) in [5.74, 6) is -0.279. The SMILES string of the molecule is Cc1cc(CN2CCN(Cc3ccncc3)C[C@@H]2CC(=O)OC(C)C)ccc1-c1ccc(C(O)(C(F)(F)F)C(F)(F)F)cc1. The lowest BCUT2D eigenvalue weighted by molar-refractivity contribution is -0.376. The van der Waals surface area contributed by atoms with Gasteiger partial charge in [-0.1, -0.05) is 42.5 Å². The lowest BCUT2D eigenvalue weighted by Crippen LogP contribution is -2.53. The van der Waals surface area contributed by atoms with Crippen LogP contribution in [0, 0.1) is 6.92 Å². The minimum atomic E-state index is -5.95. The maximum atomic E-state index is 13.3. The Labute approximate surface area is 252 Å². The van der Waals surface area contributed by atoms with Gasteiger partial charge in [0.2, 0.25) is 0 Å². The molecule has 2 heterocycles. The first-order valence-corrected chi connectivity index (χ1v) is 14.2.